The molecule has 1 unspecified atom stereocenters. The minimum absolute atomic E-state index is 0.0512. The minimum atomic E-state index is -4.52. The second-order valence-corrected chi connectivity index (χ2v) is 14.8. The van der Waals surface area contributed by atoms with Crippen molar-refractivity contribution < 1.29 is 26.4 Å². The Morgan fingerprint density at radius 3 is 2.31 bits per heavy atom. The molecule has 1 atom stereocenters. The summed E-state index contributed by atoms with van der Waals surface area (Å²) in [5, 5.41) is 0.328. The number of rotatable bonds is 6. The topological polar surface area (TPSA) is 128 Å². The maximum atomic E-state index is 14.1. The van der Waals surface area contributed by atoms with Gasteiger partial charge in [0.1, 0.15) is 5.37 Å². The first-order chi connectivity index (χ1) is 19.9. The molecule has 3 aromatic heterocycles. The molecular weight excluding hydrogens is 597 g/mol. The van der Waals surface area contributed by atoms with Gasteiger partial charge >= 0.3 is 6.03 Å². The van der Waals surface area contributed by atoms with Crippen molar-refractivity contribution in [3.63, 3.8) is 0 Å². The maximum Gasteiger partial charge on any atom is 0.356 e. The van der Waals surface area contributed by atoms with Gasteiger partial charge in [0.05, 0.1) is 18.0 Å². The fraction of sp³-hybridized carbons (Fsp3) is 0.138. The molecule has 0 aliphatic carbocycles. The van der Waals surface area contributed by atoms with Crippen molar-refractivity contribution in [1.29, 1.82) is 0 Å². The number of aromatic nitrogens is 3. The summed E-state index contributed by atoms with van der Waals surface area (Å²) in [5.74, 6) is 0.199. The van der Waals surface area contributed by atoms with Gasteiger partial charge < -0.3 is 4.57 Å². The van der Waals surface area contributed by atoms with Crippen molar-refractivity contribution in [3.05, 3.63) is 114 Å². The first-order valence-electron chi connectivity index (χ1n) is 12.7. The zero-order valence-corrected chi connectivity index (χ0v) is 24.9. The van der Waals surface area contributed by atoms with E-state index in [1.807, 2.05) is 53.2 Å². The third-order valence-corrected chi connectivity index (χ3v) is 11.4. The van der Waals surface area contributed by atoms with Crippen LogP contribution in [0.1, 0.15) is 32.6 Å². The molecule has 6 rings (SSSR count). The predicted octanol–water partition coefficient (Wildman–Crippen LogP) is 4.72. The highest BCUT2D eigenvalue weighted by Gasteiger charge is 2.36. The highest BCUT2D eigenvalue weighted by molar-refractivity contribution is 8.04. The normalized spacial score (nSPS) is 15.0. The van der Waals surface area contributed by atoms with Gasteiger partial charge in [-0.15, -0.1) is 15.5 Å². The number of hydrogen-bond donors (Lipinski definition) is 0. The number of ketones is 1. The lowest BCUT2D eigenvalue weighted by Crippen LogP contribution is -2.42. The largest absolute Gasteiger partial charge is 0.356 e. The Kier molecular flexibility index (Phi) is 6.83. The minimum Gasteiger partial charge on any atom is -0.333 e. The molecule has 0 N–H and O–H groups in total. The van der Waals surface area contributed by atoms with E-state index in [-0.39, 0.29) is 25.9 Å². The Morgan fingerprint density at radius 2 is 1.64 bits per heavy atom. The zero-order chi connectivity index (χ0) is 29.8. The van der Waals surface area contributed by atoms with Crippen LogP contribution in [-0.2, 0) is 25.8 Å². The summed E-state index contributed by atoms with van der Waals surface area (Å²) in [7, 11) is -9.03. The standard InChI is InChI=1S/C29H24N4O6S3/c1-41(36,37)33(42(2,38)39)29(35)32-17-24(22-11-10-20(15-25(22)32)19-7-4-3-5-8-19)27(34)23-12-14-31-26(23)18-40-28(31)21-9-6-13-30-16-21/h3-17,28H,18H2,1-2H3. The molecule has 0 spiro atoms. The van der Waals surface area contributed by atoms with Crippen LogP contribution in [0.3, 0.4) is 0 Å². The molecule has 0 radical (unpaired) electrons. The molecular formula is C29H24N4O6S3. The molecule has 42 heavy (non-hydrogen) atoms. The van der Waals surface area contributed by atoms with E-state index in [9.17, 15) is 26.4 Å². The van der Waals surface area contributed by atoms with Gasteiger partial charge in [-0.1, -0.05) is 48.5 Å². The lowest BCUT2D eigenvalue weighted by Gasteiger charge is -2.18. The summed E-state index contributed by atoms with van der Waals surface area (Å²) in [5.41, 5.74) is 4.09. The van der Waals surface area contributed by atoms with E-state index in [0.29, 0.717) is 34.8 Å². The Balaban J connectivity index is 1.51. The summed E-state index contributed by atoms with van der Waals surface area (Å²) in [4.78, 5) is 31.9. The summed E-state index contributed by atoms with van der Waals surface area (Å²) in [6.07, 6.45) is 7.82. The first kappa shape index (κ1) is 27.9. The van der Waals surface area contributed by atoms with Crippen LogP contribution < -0.4 is 0 Å². The van der Waals surface area contributed by atoms with Crippen molar-refractivity contribution in [2.75, 3.05) is 12.5 Å². The number of fused-ring (bicyclic) bond motifs is 2. The van der Waals surface area contributed by atoms with Crippen molar-refractivity contribution >= 4 is 54.5 Å². The van der Waals surface area contributed by atoms with Gasteiger partial charge in [0.15, 0.2) is 5.78 Å². The third-order valence-electron chi connectivity index (χ3n) is 6.99. The molecule has 1 aliphatic rings. The van der Waals surface area contributed by atoms with Crippen LogP contribution in [0.15, 0.2) is 91.5 Å². The van der Waals surface area contributed by atoms with Gasteiger partial charge in [0, 0.05) is 58.3 Å². The van der Waals surface area contributed by atoms with Gasteiger partial charge in [0.2, 0.25) is 20.0 Å². The van der Waals surface area contributed by atoms with Crippen LogP contribution in [0.25, 0.3) is 22.0 Å². The third kappa shape index (κ3) is 4.82. The van der Waals surface area contributed by atoms with E-state index in [1.165, 1.54) is 6.20 Å². The first-order valence-corrected chi connectivity index (χ1v) is 17.4. The molecule has 4 heterocycles. The lowest BCUT2D eigenvalue weighted by molar-refractivity contribution is 0.103. The van der Waals surface area contributed by atoms with Gasteiger partial charge in [-0.2, -0.15) is 0 Å². The Morgan fingerprint density at radius 1 is 0.905 bits per heavy atom. The highest BCUT2D eigenvalue weighted by Crippen LogP contribution is 2.42. The number of thioether (sulfide) groups is 1. The van der Waals surface area contributed by atoms with Crippen molar-refractivity contribution in [2.24, 2.45) is 0 Å². The Bertz CT molecular complexity index is 2060. The number of nitrogens with zero attached hydrogens (tertiary/aromatic N) is 4. The molecule has 0 bridgehead atoms. The maximum absolute atomic E-state index is 14.1. The Hall–Kier alpha value is -4.20. The molecule has 214 valence electrons. The zero-order valence-electron chi connectivity index (χ0n) is 22.4. The number of carbonyl (C=O) groups is 2. The molecule has 1 amide bonds. The molecule has 0 saturated carbocycles. The smallest absolute Gasteiger partial charge is 0.333 e. The van der Waals surface area contributed by atoms with Crippen LogP contribution in [-0.4, -0.2) is 59.0 Å². The molecule has 10 nitrogen and oxygen atoms in total. The van der Waals surface area contributed by atoms with E-state index >= 15 is 0 Å². The number of carbonyl (C=O) groups excluding carboxylic acids is 2. The van der Waals surface area contributed by atoms with Crippen LogP contribution in [0.4, 0.5) is 4.79 Å². The fourth-order valence-corrected chi connectivity index (χ4v) is 9.24. The van der Waals surface area contributed by atoms with Crippen LogP contribution in [0.2, 0.25) is 0 Å². The molecule has 13 heteroatoms. The molecule has 0 fully saturated rings. The molecule has 5 aromatic rings. The summed E-state index contributed by atoms with van der Waals surface area (Å²) >= 11 is 1.65. The molecule has 1 aliphatic heterocycles. The predicted molar refractivity (Wildman–Crippen MR) is 161 cm³/mol. The fourth-order valence-electron chi connectivity index (χ4n) is 5.21. The van der Waals surface area contributed by atoms with Crippen LogP contribution in [0.5, 0.6) is 0 Å². The summed E-state index contributed by atoms with van der Waals surface area (Å²) in [6, 6.07) is 18.6. The lowest BCUT2D eigenvalue weighted by atomic mass is 10.00. The average Bonchev–Trinajstić information content (AvgIpc) is 3.65. The van der Waals surface area contributed by atoms with Crippen molar-refractivity contribution in [1.82, 2.24) is 17.8 Å². The van der Waals surface area contributed by atoms with E-state index in [2.05, 4.69) is 4.98 Å². The van der Waals surface area contributed by atoms with Gasteiger partial charge in [-0.25, -0.2) is 21.6 Å². The van der Waals surface area contributed by atoms with E-state index in [1.54, 1.807) is 48.4 Å². The van der Waals surface area contributed by atoms with Gasteiger partial charge in [0.25, 0.3) is 0 Å². The highest BCUT2D eigenvalue weighted by atomic mass is 32.3. The SMILES string of the molecule is CS(=O)(=O)N(C(=O)n1cc(C(=O)c2ccn3c2CSC3c2cccnc2)c2ccc(-c3ccccc3)cc21)S(C)(=O)=O. The second-order valence-electron chi connectivity index (χ2n) is 9.88. The van der Waals surface area contributed by atoms with E-state index in [4.69, 9.17) is 0 Å². The average molecular weight is 621 g/mol. The second kappa shape index (κ2) is 10.3. The van der Waals surface area contributed by atoms with E-state index in [0.717, 1.165) is 21.4 Å². The molecule has 0 saturated heterocycles. The van der Waals surface area contributed by atoms with E-state index < -0.39 is 26.1 Å². The van der Waals surface area contributed by atoms with Crippen LogP contribution in [0, 0.1) is 0 Å². The number of amides is 1. The Labute approximate surface area is 246 Å². The van der Waals surface area contributed by atoms with Gasteiger partial charge in [-0.3, -0.25) is 14.3 Å². The summed E-state index contributed by atoms with van der Waals surface area (Å²) < 4.78 is 52.6. The van der Waals surface area contributed by atoms with Crippen molar-refractivity contribution in [3.8, 4) is 11.1 Å². The summed E-state index contributed by atoms with van der Waals surface area (Å²) in [6.45, 7) is 0. The number of sulfonamides is 2. The number of benzene rings is 2. The van der Waals surface area contributed by atoms with Crippen molar-refractivity contribution in [2.45, 2.75) is 11.1 Å². The monoisotopic (exact) mass is 620 g/mol. The quantitative estimate of drug-likeness (QED) is 0.250. The van der Waals surface area contributed by atoms with Gasteiger partial charge in [-0.05, 0) is 29.3 Å². The van der Waals surface area contributed by atoms with Crippen LogP contribution >= 0.6 is 11.8 Å². The molecule has 2 aromatic carbocycles. The number of hydrogen-bond acceptors (Lipinski definition) is 8. The number of pyridine rings is 1.